The van der Waals surface area contributed by atoms with Crippen molar-refractivity contribution in [1.82, 2.24) is 14.9 Å². The smallest absolute Gasteiger partial charge is 0.254 e. The number of nitrogens with zero attached hydrogens (tertiary/aromatic N) is 3. The number of nitrogens with one attached hydrogen (secondary N) is 1. The number of carbonyl (C=O) groups excluding carboxylic acids is 1. The van der Waals surface area contributed by atoms with E-state index in [0.717, 1.165) is 30.0 Å². The number of morpholine rings is 1. The molecule has 1 aromatic carbocycles. The van der Waals surface area contributed by atoms with Crippen LogP contribution in [0.3, 0.4) is 0 Å². The van der Waals surface area contributed by atoms with Crippen LogP contribution in [-0.2, 0) is 9.53 Å². The van der Waals surface area contributed by atoms with Crippen LogP contribution >= 0.6 is 0 Å². The topological polar surface area (TPSA) is 58.9 Å². The van der Waals surface area contributed by atoms with Crippen molar-refractivity contribution in [2.75, 3.05) is 32.8 Å². The molecule has 0 atom stereocenters. The maximum atomic E-state index is 12.0. The number of aromatic nitrogens is 1. The molecule has 26 heavy (non-hydrogen) atoms. The number of benzene rings is 1. The second-order valence-corrected chi connectivity index (χ2v) is 6.63. The van der Waals surface area contributed by atoms with Gasteiger partial charge in [0.1, 0.15) is 0 Å². The molecule has 138 valence electrons. The molecule has 6 heteroatoms. The van der Waals surface area contributed by atoms with Crippen LogP contribution in [0.5, 0.6) is 0 Å². The SMILES string of the molecule is Cc1ccccc1-n1c(C)cc(/C=N\NC(=O)CN2CCOCC2)c1C. The second kappa shape index (κ2) is 8.29. The molecule has 0 radical (unpaired) electrons. The highest BCUT2D eigenvalue weighted by Crippen LogP contribution is 2.22. The van der Waals surface area contributed by atoms with Gasteiger partial charge in [-0.25, -0.2) is 5.43 Å². The fourth-order valence-electron chi connectivity index (χ4n) is 3.27. The Bertz CT molecular complexity index is 804. The third kappa shape index (κ3) is 4.20. The first-order valence-electron chi connectivity index (χ1n) is 8.93. The van der Waals surface area contributed by atoms with E-state index >= 15 is 0 Å². The van der Waals surface area contributed by atoms with Crippen molar-refractivity contribution in [3.05, 3.63) is 52.8 Å². The van der Waals surface area contributed by atoms with Gasteiger partial charge in [0.05, 0.1) is 26.0 Å². The number of amides is 1. The van der Waals surface area contributed by atoms with Crippen molar-refractivity contribution >= 4 is 12.1 Å². The minimum atomic E-state index is -0.101. The lowest BCUT2D eigenvalue weighted by atomic mass is 10.2. The first kappa shape index (κ1) is 18.4. The van der Waals surface area contributed by atoms with Gasteiger partial charge < -0.3 is 9.30 Å². The lowest BCUT2D eigenvalue weighted by molar-refractivity contribution is -0.123. The molecule has 1 aliphatic rings. The number of hydrogen-bond donors (Lipinski definition) is 1. The maximum absolute atomic E-state index is 12.0. The zero-order valence-electron chi connectivity index (χ0n) is 15.7. The minimum Gasteiger partial charge on any atom is -0.379 e. The van der Waals surface area contributed by atoms with Gasteiger partial charge in [-0.2, -0.15) is 5.10 Å². The molecule has 2 aromatic rings. The fraction of sp³-hybridized carbons (Fsp3) is 0.400. The summed E-state index contributed by atoms with van der Waals surface area (Å²) in [6.07, 6.45) is 1.72. The van der Waals surface area contributed by atoms with Crippen molar-refractivity contribution in [3.63, 3.8) is 0 Å². The van der Waals surface area contributed by atoms with Crippen LogP contribution in [0.15, 0.2) is 35.4 Å². The van der Waals surface area contributed by atoms with E-state index in [2.05, 4.69) is 59.0 Å². The summed E-state index contributed by atoms with van der Waals surface area (Å²) in [4.78, 5) is 14.1. The van der Waals surface area contributed by atoms with Gasteiger partial charge in [-0.1, -0.05) is 18.2 Å². The molecule has 0 bridgehead atoms. The van der Waals surface area contributed by atoms with E-state index in [1.165, 1.54) is 11.3 Å². The monoisotopic (exact) mass is 354 g/mol. The van der Waals surface area contributed by atoms with Crippen molar-refractivity contribution < 1.29 is 9.53 Å². The molecule has 2 heterocycles. The summed E-state index contributed by atoms with van der Waals surface area (Å²) >= 11 is 0. The molecule has 0 spiro atoms. The average molecular weight is 354 g/mol. The van der Waals surface area contributed by atoms with Crippen molar-refractivity contribution in [2.24, 2.45) is 5.10 Å². The van der Waals surface area contributed by atoms with Crippen LogP contribution in [0.25, 0.3) is 5.69 Å². The first-order chi connectivity index (χ1) is 12.6. The Morgan fingerprint density at radius 3 is 2.69 bits per heavy atom. The maximum Gasteiger partial charge on any atom is 0.254 e. The van der Waals surface area contributed by atoms with E-state index in [0.29, 0.717) is 19.8 Å². The summed E-state index contributed by atoms with van der Waals surface area (Å²) in [5.41, 5.74) is 8.24. The number of hydrazone groups is 1. The number of carbonyl (C=O) groups is 1. The van der Waals surface area contributed by atoms with Crippen molar-refractivity contribution in [2.45, 2.75) is 20.8 Å². The Morgan fingerprint density at radius 2 is 1.96 bits per heavy atom. The number of hydrogen-bond acceptors (Lipinski definition) is 4. The van der Waals surface area contributed by atoms with Crippen LogP contribution in [0.2, 0.25) is 0 Å². The molecule has 0 unspecified atom stereocenters. The van der Waals surface area contributed by atoms with E-state index in [1.54, 1.807) is 6.21 Å². The zero-order chi connectivity index (χ0) is 18.5. The second-order valence-electron chi connectivity index (χ2n) is 6.63. The molecule has 1 fully saturated rings. The standard InChI is InChI=1S/C20H26N4O2/c1-15-6-4-5-7-19(15)24-16(2)12-18(17(24)3)13-21-22-20(25)14-23-8-10-26-11-9-23/h4-7,12-13H,8-11,14H2,1-3H3,(H,22,25)/b21-13-. The van der Waals surface area contributed by atoms with Gasteiger partial charge in [0.25, 0.3) is 5.91 Å². The van der Waals surface area contributed by atoms with E-state index < -0.39 is 0 Å². The van der Waals surface area contributed by atoms with Gasteiger partial charge in [-0.3, -0.25) is 9.69 Å². The van der Waals surface area contributed by atoms with E-state index in [-0.39, 0.29) is 5.91 Å². The molecule has 0 saturated carbocycles. The number of ether oxygens (including phenoxy) is 1. The van der Waals surface area contributed by atoms with Gasteiger partial charge in [-0.05, 0) is 38.5 Å². The predicted octanol–water partition coefficient (Wildman–Crippen LogP) is 2.18. The van der Waals surface area contributed by atoms with Crippen LogP contribution in [0.4, 0.5) is 0 Å². The summed E-state index contributed by atoms with van der Waals surface area (Å²) < 4.78 is 7.50. The predicted molar refractivity (Wildman–Crippen MR) is 103 cm³/mol. The summed E-state index contributed by atoms with van der Waals surface area (Å²) in [5.74, 6) is -0.101. The molecule has 1 N–H and O–H groups in total. The highest BCUT2D eigenvalue weighted by molar-refractivity contribution is 5.84. The summed E-state index contributed by atoms with van der Waals surface area (Å²) in [7, 11) is 0. The minimum absolute atomic E-state index is 0.101. The Kier molecular flexibility index (Phi) is 5.85. The van der Waals surface area contributed by atoms with Crippen molar-refractivity contribution in [1.29, 1.82) is 0 Å². The lowest BCUT2D eigenvalue weighted by Gasteiger charge is -2.25. The molecular formula is C20H26N4O2. The average Bonchev–Trinajstić information content (AvgIpc) is 2.90. The summed E-state index contributed by atoms with van der Waals surface area (Å²) in [6.45, 7) is 9.53. The largest absolute Gasteiger partial charge is 0.379 e. The third-order valence-electron chi connectivity index (χ3n) is 4.69. The highest BCUT2D eigenvalue weighted by Gasteiger charge is 2.14. The zero-order valence-corrected chi connectivity index (χ0v) is 15.7. The van der Waals surface area contributed by atoms with Crippen LogP contribution < -0.4 is 5.43 Å². The Morgan fingerprint density at radius 1 is 1.23 bits per heavy atom. The Hall–Kier alpha value is -2.44. The van der Waals surface area contributed by atoms with Gasteiger partial charge in [-0.15, -0.1) is 0 Å². The van der Waals surface area contributed by atoms with Crippen LogP contribution in [-0.4, -0.2) is 54.4 Å². The van der Waals surface area contributed by atoms with Gasteiger partial charge in [0.2, 0.25) is 0 Å². The normalized spacial score (nSPS) is 15.5. The quantitative estimate of drug-likeness (QED) is 0.661. The highest BCUT2D eigenvalue weighted by atomic mass is 16.5. The van der Waals surface area contributed by atoms with E-state index in [1.807, 2.05) is 12.1 Å². The number of rotatable bonds is 5. The fourth-order valence-corrected chi connectivity index (χ4v) is 3.27. The molecule has 3 rings (SSSR count). The third-order valence-corrected chi connectivity index (χ3v) is 4.69. The Balaban J connectivity index is 1.67. The molecule has 0 aliphatic carbocycles. The number of para-hydroxylation sites is 1. The summed E-state index contributed by atoms with van der Waals surface area (Å²) in [6, 6.07) is 10.4. The van der Waals surface area contributed by atoms with Gasteiger partial charge in [0.15, 0.2) is 0 Å². The van der Waals surface area contributed by atoms with E-state index in [4.69, 9.17) is 4.74 Å². The molecule has 1 aliphatic heterocycles. The molecular weight excluding hydrogens is 328 g/mol. The molecule has 1 saturated heterocycles. The Labute approximate surface area is 154 Å². The lowest BCUT2D eigenvalue weighted by Crippen LogP contribution is -2.42. The van der Waals surface area contributed by atoms with Crippen LogP contribution in [0.1, 0.15) is 22.5 Å². The molecule has 1 amide bonds. The van der Waals surface area contributed by atoms with E-state index in [9.17, 15) is 4.79 Å². The van der Waals surface area contributed by atoms with Gasteiger partial charge in [0, 0.05) is 35.7 Å². The van der Waals surface area contributed by atoms with Gasteiger partial charge >= 0.3 is 0 Å². The van der Waals surface area contributed by atoms with Crippen molar-refractivity contribution in [3.8, 4) is 5.69 Å². The van der Waals surface area contributed by atoms with Crippen LogP contribution in [0, 0.1) is 20.8 Å². The number of aryl methyl sites for hydroxylation is 2. The summed E-state index contributed by atoms with van der Waals surface area (Å²) in [5, 5.41) is 4.14. The molecule has 1 aromatic heterocycles. The first-order valence-corrected chi connectivity index (χ1v) is 8.93. The molecule has 6 nitrogen and oxygen atoms in total.